The van der Waals surface area contributed by atoms with Gasteiger partial charge in [-0.05, 0) is 30.3 Å². The summed E-state index contributed by atoms with van der Waals surface area (Å²) in [5, 5.41) is 2.28. The van der Waals surface area contributed by atoms with Crippen molar-refractivity contribution in [3.8, 4) is 11.5 Å². The number of carbonyl (C=O) groups is 2. The van der Waals surface area contributed by atoms with Gasteiger partial charge in [0.1, 0.15) is 6.61 Å². The number of hydrogen-bond acceptors (Lipinski definition) is 4. The average Bonchev–Trinajstić information content (AvgIpc) is 2.66. The molecule has 0 bridgehead atoms. The predicted octanol–water partition coefficient (Wildman–Crippen LogP) is 3.82. The number of ether oxygens (including phenoxy) is 2. The number of methoxy groups -OCH3 is 1. The maximum atomic E-state index is 13.1. The molecule has 0 aromatic heterocycles. The third-order valence-electron chi connectivity index (χ3n) is 3.93. The molecule has 2 amide bonds. The highest BCUT2D eigenvalue weighted by molar-refractivity contribution is 5.97. The zero-order valence-corrected chi connectivity index (χ0v) is 16.2. The van der Waals surface area contributed by atoms with E-state index in [1.807, 2.05) is 0 Å². The van der Waals surface area contributed by atoms with Crippen molar-refractivity contribution >= 4 is 17.5 Å². The quantitative estimate of drug-likeness (QED) is 0.754. The number of para-hydroxylation sites is 2. The van der Waals surface area contributed by atoms with Gasteiger partial charge in [-0.25, -0.2) is 0 Å². The molecule has 0 heterocycles. The lowest BCUT2D eigenvalue weighted by Crippen LogP contribution is -2.31. The van der Waals surface area contributed by atoms with Crippen LogP contribution in [-0.4, -0.2) is 44.0 Å². The van der Waals surface area contributed by atoms with Gasteiger partial charge >= 0.3 is 6.18 Å². The fraction of sp³-hybridized carbons (Fsp3) is 0.300. The highest BCUT2D eigenvalue weighted by Crippen LogP contribution is 2.32. The van der Waals surface area contributed by atoms with E-state index in [0.717, 1.165) is 12.1 Å². The van der Waals surface area contributed by atoms with Crippen molar-refractivity contribution in [2.75, 3.05) is 32.6 Å². The van der Waals surface area contributed by atoms with E-state index in [1.165, 1.54) is 32.0 Å². The number of nitrogens with one attached hydrogen (secondary N) is 1. The minimum atomic E-state index is -4.66. The van der Waals surface area contributed by atoms with Gasteiger partial charge in [-0.3, -0.25) is 9.59 Å². The molecule has 29 heavy (non-hydrogen) atoms. The molecule has 0 saturated heterocycles. The van der Waals surface area contributed by atoms with Crippen LogP contribution >= 0.6 is 0 Å². The normalized spacial score (nSPS) is 11.0. The molecule has 0 aliphatic rings. The minimum absolute atomic E-state index is 0.102. The molecule has 0 aliphatic carbocycles. The molecule has 2 rings (SSSR count). The number of alkyl halides is 3. The van der Waals surface area contributed by atoms with Crippen molar-refractivity contribution in [1.82, 2.24) is 4.90 Å². The van der Waals surface area contributed by atoms with Crippen LogP contribution in [0.1, 0.15) is 22.8 Å². The van der Waals surface area contributed by atoms with Crippen LogP contribution in [0.25, 0.3) is 0 Å². The van der Waals surface area contributed by atoms with Crippen LogP contribution in [0.15, 0.2) is 42.5 Å². The Balaban J connectivity index is 2.12. The fourth-order valence-corrected chi connectivity index (χ4v) is 2.54. The van der Waals surface area contributed by atoms with Crippen LogP contribution in [0.3, 0.4) is 0 Å². The number of hydrogen-bond donors (Lipinski definition) is 1. The van der Waals surface area contributed by atoms with Gasteiger partial charge in [-0.15, -0.1) is 0 Å². The average molecular weight is 410 g/mol. The fourth-order valence-electron chi connectivity index (χ4n) is 2.54. The molecular weight excluding hydrogens is 389 g/mol. The Bertz CT molecular complexity index is 884. The van der Waals surface area contributed by atoms with Crippen molar-refractivity contribution in [1.29, 1.82) is 0 Å². The van der Waals surface area contributed by atoms with E-state index in [2.05, 4.69) is 5.32 Å². The summed E-state index contributed by atoms with van der Waals surface area (Å²) < 4.78 is 50.2. The molecule has 0 saturated carbocycles. The Morgan fingerprint density at radius 2 is 1.76 bits per heavy atom. The minimum Gasteiger partial charge on any atom is -0.493 e. The molecule has 0 fully saturated rings. The van der Waals surface area contributed by atoms with Gasteiger partial charge in [0.05, 0.1) is 19.2 Å². The number of halogens is 3. The second kappa shape index (κ2) is 9.31. The van der Waals surface area contributed by atoms with E-state index in [1.54, 1.807) is 24.3 Å². The molecule has 9 heteroatoms. The van der Waals surface area contributed by atoms with Crippen LogP contribution in [-0.2, 0) is 11.0 Å². The van der Waals surface area contributed by atoms with Gasteiger partial charge in [0.2, 0.25) is 5.91 Å². The maximum Gasteiger partial charge on any atom is 0.416 e. The van der Waals surface area contributed by atoms with Crippen LogP contribution in [0.4, 0.5) is 18.9 Å². The maximum absolute atomic E-state index is 13.1. The first-order chi connectivity index (χ1) is 13.6. The summed E-state index contributed by atoms with van der Waals surface area (Å²) in [6.45, 7) is 1.41. The molecule has 2 aromatic rings. The van der Waals surface area contributed by atoms with Crippen molar-refractivity contribution in [2.24, 2.45) is 0 Å². The number of amides is 2. The lowest BCUT2D eigenvalue weighted by atomic mass is 10.1. The second-order valence-corrected chi connectivity index (χ2v) is 6.20. The molecule has 0 spiro atoms. The van der Waals surface area contributed by atoms with Crippen LogP contribution in [0, 0.1) is 0 Å². The standard InChI is InChI=1S/C20H21F3N2O4/c1-13(26)24-16-11-14(10-15(12-16)20(21,22)23)19(27)25(2)8-9-29-18-7-5-4-6-17(18)28-3/h4-7,10-12H,8-9H2,1-3H3,(H,24,26). The van der Waals surface area contributed by atoms with Gasteiger partial charge in [0.25, 0.3) is 5.91 Å². The van der Waals surface area contributed by atoms with E-state index < -0.39 is 23.6 Å². The Hall–Kier alpha value is -3.23. The molecule has 1 N–H and O–H groups in total. The third-order valence-corrected chi connectivity index (χ3v) is 3.93. The lowest BCUT2D eigenvalue weighted by Gasteiger charge is -2.19. The highest BCUT2D eigenvalue weighted by Gasteiger charge is 2.32. The SMILES string of the molecule is COc1ccccc1OCCN(C)C(=O)c1cc(NC(C)=O)cc(C(F)(F)F)c1. The van der Waals surface area contributed by atoms with Crippen molar-refractivity contribution in [3.05, 3.63) is 53.6 Å². The van der Waals surface area contributed by atoms with Crippen molar-refractivity contribution < 1.29 is 32.2 Å². The van der Waals surface area contributed by atoms with E-state index >= 15 is 0 Å². The zero-order valence-electron chi connectivity index (χ0n) is 16.2. The Morgan fingerprint density at radius 3 is 2.34 bits per heavy atom. The molecule has 0 radical (unpaired) electrons. The van der Waals surface area contributed by atoms with Gasteiger partial charge in [-0.2, -0.15) is 13.2 Å². The smallest absolute Gasteiger partial charge is 0.416 e. The number of nitrogens with zero attached hydrogens (tertiary/aromatic N) is 1. The molecule has 6 nitrogen and oxygen atoms in total. The monoisotopic (exact) mass is 410 g/mol. The summed E-state index contributed by atoms with van der Waals surface area (Å²) in [7, 11) is 2.95. The van der Waals surface area contributed by atoms with Gasteiger partial charge in [0.15, 0.2) is 11.5 Å². The van der Waals surface area contributed by atoms with Gasteiger partial charge in [-0.1, -0.05) is 12.1 Å². The molecule has 0 aliphatic heterocycles. The summed E-state index contributed by atoms with van der Waals surface area (Å²) in [6, 6.07) is 9.70. The zero-order chi connectivity index (χ0) is 21.6. The Morgan fingerprint density at radius 1 is 1.10 bits per heavy atom. The number of likely N-dealkylation sites (N-methyl/N-ethyl adjacent to an activating group) is 1. The van der Waals surface area contributed by atoms with Crippen molar-refractivity contribution in [3.63, 3.8) is 0 Å². The van der Waals surface area contributed by atoms with E-state index in [4.69, 9.17) is 9.47 Å². The Labute approximate surface area is 166 Å². The number of carbonyl (C=O) groups excluding carboxylic acids is 2. The first-order valence-corrected chi connectivity index (χ1v) is 8.63. The highest BCUT2D eigenvalue weighted by atomic mass is 19.4. The summed E-state index contributed by atoms with van der Waals surface area (Å²) in [4.78, 5) is 25.0. The summed E-state index contributed by atoms with van der Waals surface area (Å²) in [6.07, 6.45) is -4.66. The third kappa shape index (κ3) is 6.13. The lowest BCUT2D eigenvalue weighted by molar-refractivity contribution is -0.137. The van der Waals surface area contributed by atoms with Crippen LogP contribution in [0.5, 0.6) is 11.5 Å². The van der Waals surface area contributed by atoms with E-state index in [0.29, 0.717) is 11.5 Å². The molecule has 2 aromatic carbocycles. The summed E-state index contributed by atoms with van der Waals surface area (Å²) >= 11 is 0. The predicted molar refractivity (Wildman–Crippen MR) is 101 cm³/mol. The first-order valence-electron chi connectivity index (χ1n) is 8.63. The first kappa shape index (κ1) is 22.1. The number of benzene rings is 2. The topological polar surface area (TPSA) is 67.9 Å². The largest absolute Gasteiger partial charge is 0.493 e. The van der Waals surface area contributed by atoms with Crippen molar-refractivity contribution in [2.45, 2.75) is 13.1 Å². The van der Waals surface area contributed by atoms with E-state index in [-0.39, 0.29) is 24.4 Å². The number of anilines is 1. The van der Waals surface area contributed by atoms with Gasteiger partial charge < -0.3 is 19.7 Å². The molecular formula is C20H21F3N2O4. The van der Waals surface area contributed by atoms with E-state index in [9.17, 15) is 22.8 Å². The number of rotatable bonds is 7. The van der Waals surface area contributed by atoms with Crippen LogP contribution in [0.2, 0.25) is 0 Å². The second-order valence-electron chi connectivity index (χ2n) is 6.20. The molecule has 0 atom stereocenters. The van der Waals surface area contributed by atoms with Gasteiger partial charge in [0, 0.05) is 25.2 Å². The molecule has 156 valence electrons. The Kier molecular flexibility index (Phi) is 7.08. The summed E-state index contributed by atoms with van der Waals surface area (Å²) in [5.41, 5.74) is -1.32. The van der Waals surface area contributed by atoms with Crippen LogP contribution < -0.4 is 14.8 Å². The molecule has 0 unspecified atom stereocenters. The summed E-state index contributed by atoms with van der Waals surface area (Å²) in [5.74, 6) is -0.158.